The SMILES string of the molecule is Cc1csc([C@H](C#N)C(=O)CSc2nc3sc4c(c3c(=O)n2C[C@H]2CCCO2)CCC4)n1. The Labute approximate surface area is 197 Å². The molecule has 0 unspecified atom stereocenters. The summed E-state index contributed by atoms with van der Waals surface area (Å²) in [6.45, 7) is 2.99. The summed E-state index contributed by atoms with van der Waals surface area (Å²) in [5, 5.41) is 13.2. The van der Waals surface area contributed by atoms with Crippen molar-refractivity contribution in [2.45, 2.75) is 62.8 Å². The fraction of sp³-hybridized carbons (Fsp3) is 0.500. The third-order valence-electron chi connectivity index (χ3n) is 5.88. The van der Waals surface area contributed by atoms with E-state index in [1.807, 2.05) is 12.3 Å². The van der Waals surface area contributed by atoms with Crippen molar-refractivity contribution in [3.63, 3.8) is 0 Å². The van der Waals surface area contributed by atoms with Gasteiger partial charge in [-0.15, -0.1) is 22.7 Å². The number of hydrogen-bond acceptors (Lipinski definition) is 9. The minimum Gasteiger partial charge on any atom is -0.376 e. The van der Waals surface area contributed by atoms with Gasteiger partial charge in [-0.1, -0.05) is 11.8 Å². The van der Waals surface area contributed by atoms with Gasteiger partial charge in [-0.3, -0.25) is 14.2 Å². The first kappa shape index (κ1) is 21.8. The highest BCUT2D eigenvalue weighted by molar-refractivity contribution is 7.99. The van der Waals surface area contributed by atoms with Gasteiger partial charge in [0, 0.05) is 22.6 Å². The van der Waals surface area contributed by atoms with Crippen LogP contribution in [0, 0.1) is 18.3 Å². The zero-order valence-electron chi connectivity index (χ0n) is 17.6. The van der Waals surface area contributed by atoms with Crippen LogP contribution < -0.4 is 5.56 Å². The summed E-state index contributed by atoms with van der Waals surface area (Å²) in [4.78, 5) is 37.5. The molecule has 1 aliphatic heterocycles. The van der Waals surface area contributed by atoms with Crippen molar-refractivity contribution in [2.24, 2.45) is 0 Å². The number of hydrogen-bond donors (Lipinski definition) is 0. The van der Waals surface area contributed by atoms with E-state index in [1.54, 1.807) is 15.9 Å². The summed E-state index contributed by atoms with van der Waals surface area (Å²) in [5.41, 5.74) is 1.92. The first-order valence-corrected chi connectivity index (χ1v) is 13.4. The Hall–Kier alpha value is -2.06. The zero-order chi connectivity index (χ0) is 22.2. The molecular weight excluding hydrogens is 464 g/mol. The lowest BCUT2D eigenvalue weighted by molar-refractivity contribution is -0.116. The van der Waals surface area contributed by atoms with Gasteiger partial charge >= 0.3 is 0 Å². The quantitative estimate of drug-likeness (QED) is 0.369. The first-order chi connectivity index (χ1) is 15.5. The number of nitriles is 1. The van der Waals surface area contributed by atoms with Crippen LogP contribution in [0.1, 0.15) is 46.3 Å². The van der Waals surface area contributed by atoms with Gasteiger partial charge < -0.3 is 4.74 Å². The van der Waals surface area contributed by atoms with E-state index in [4.69, 9.17) is 9.72 Å². The maximum atomic E-state index is 13.5. The number of thiophene rings is 1. The average molecular weight is 487 g/mol. The molecule has 10 heteroatoms. The molecule has 4 heterocycles. The van der Waals surface area contributed by atoms with Gasteiger partial charge in [0.15, 0.2) is 16.9 Å². The summed E-state index contributed by atoms with van der Waals surface area (Å²) in [7, 11) is 0. The average Bonchev–Trinajstić information content (AvgIpc) is 3.55. The zero-order valence-corrected chi connectivity index (χ0v) is 20.1. The lowest BCUT2D eigenvalue weighted by Crippen LogP contribution is -2.29. The maximum Gasteiger partial charge on any atom is 0.263 e. The summed E-state index contributed by atoms with van der Waals surface area (Å²) < 4.78 is 7.47. The Bertz CT molecular complexity index is 1280. The van der Waals surface area contributed by atoms with Crippen molar-refractivity contribution in [1.29, 1.82) is 5.26 Å². The Morgan fingerprint density at radius 3 is 3.00 bits per heavy atom. The molecule has 0 bridgehead atoms. The Balaban J connectivity index is 1.46. The van der Waals surface area contributed by atoms with Crippen LogP contribution in [0.15, 0.2) is 15.3 Å². The van der Waals surface area contributed by atoms with E-state index >= 15 is 0 Å². The molecule has 32 heavy (non-hydrogen) atoms. The van der Waals surface area contributed by atoms with Gasteiger partial charge in [-0.2, -0.15) is 5.26 Å². The van der Waals surface area contributed by atoms with Gasteiger partial charge in [0.05, 0.1) is 29.9 Å². The van der Waals surface area contributed by atoms with Gasteiger partial charge in [0.1, 0.15) is 9.84 Å². The second kappa shape index (κ2) is 9.06. The molecule has 0 aromatic carbocycles. The third-order valence-corrected chi connectivity index (χ3v) is 9.09. The summed E-state index contributed by atoms with van der Waals surface area (Å²) in [6, 6.07) is 2.09. The number of aromatic nitrogens is 3. The number of nitrogens with zero attached hydrogens (tertiary/aromatic N) is 4. The number of thioether (sulfide) groups is 1. The summed E-state index contributed by atoms with van der Waals surface area (Å²) in [6.07, 6.45) is 4.89. The molecule has 1 saturated heterocycles. The van der Waals surface area contributed by atoms with Crippen molar-refractivity contribution in [3.8, 4) is 6.07 Å². The molecule has 1 aliphatic carbocycles. The van der Waals surface area contributed by atoms with E-state index in [0.29, 0.717) is 23.3 Å². The number of thiazole rings is 1. The van der Waals surface area contributed by atoms with Crippen LogP contribution in [0.2, 0.25) is 0 Å². The lowest BCUT2D eigenvalue weighted by Gasteiger charge is -2.16. The highest BCUT2D eigenvalue weighted by atomic mass is 32.2. The van der Waals surface area contributed by atoms with Crippen LogP contribution in [0.4, 0.5) is 0 Å². The second-order valence-electron chi connectivity index (χ2n) is 8.13. The van der Waals surface area contributed by atoms with Crippen molar-refractivity contribution in [3.05, 3.63) is 36.9 Å². The van der Waals surface area contributed by atoms with Crippen molar-refractivity contribution < 1.29 is 9.53 Å². The van der Waals surface area contributed by atoms with Crippen LogP contribution in [0.25, 0.3) is 10.2 Å². The molecule has 1 fully saturated rings. The fourth-order valence-electron chi connectivity index (χ4n) is 4.31. The molecular formula is C22H22N4O3S3. The third kappa shape index (κ3) is 4.03. The number of carbonyl (C=O) groups excluding carboxylic acids is 1. The highest BCUT2D eigenvalue weighted by Crippen LogP contribution is 2.36. The molecule has 7 nitrogen and oxygen atoms in total. The van der Waals surface area contributed by atoms with Gasteiger partial charge in [0.25, 0.3) is 5.56 Å². The van der Waals surface area contributed by atoms with Crippen LogP contribution in [-0.2, 0) is 28.9 Å². The predicted molar refractivity (Wildman–Crippen MR) is 126 cm³/mol. The van der Waals surface area contributed by atoms with E-state index in [1.165, 1.54) is 28.0 Å². The second-order valence-corrected chi connectivity index (χ2v) is 11.0. The molecule has 2 atom stereocenters. The van der Waals surface area contributed by atoms with Crippen molar-refractivity contribution in [2.75, 3.05) is 12.4 Å². The van der Waals surface area contributed by atoms with Crippen molar-refractivity contribution in [1.82, 2.24) is 14.5 Å². The van der Waals surface area contributed by atoms with E-state index in [-0.39, 0.29) is 23.2 Å². The molecule has 0 saturated carbocycles. The largest absolute Gasteiger partial charge is 0.376 e. The number of rotatable bonds is 7. The van der Waals surface area contributed by atoms with Crippen LogP contribution >= 0.6 is 34.4 Å². The monoisotopic (exact) mass is 486 g/mol. The van der Waals surface area contributed by atoms with E-state index in [9.17, 15) is 14.9 Å². The summed E-state index contributed by atoms with van der Waals surface area (Å²) >= 11 is 4.15. The molecule has 0 spiro atoms. The molecule has 0 N–H and O–H groups in total. The molecule has 166 valence electrons. The number of carbonyl (C=O) groups is 1. The summed E-state index contributed by atoms with van der Waals surface area (Å²) in [5.74, 6) is -1.06. The molecule has 0 amide bonds. The van der Waals surface area contributed by atoms with Gasteiger partial charge in [-0.25, -0.2) is 9.97 Å². The van der Waals surface area contributed by atoms with E-state index in [2.05, 4.69) is 11.1 Å². The Morgan fingerprint density at radius 1 is 1.41 bits per heavy atom. The number of ether oxygens (including phenoxy) is 1. The molecule has 0 radical (unpaired) electrons. The highest BCUT2D eigenvalue weighted by Gasteiger charge is 2.27. The van der Waals surface area contributed by atoms with Crippen LogP contribution in [0.3, 0.4) is 0 Å². The molecule has 2 aliphatic rings. The number of aryl methyl sites for hydroxylation is 3. The molecule has 5 rings (SSSR count). The molecule has 3 aromatic rings. The number of Topliss-reactive ketones (excluding diaryl/α,β-unsaturated/α-hetero) is 1. The number of ketones is 1. The molecule has 3 aromatic heterocycles. The minimum absolute atomic E-state index is 0.0150. The van der Waals surface area contributed by atoms with Crippen LogP contribution in [-0.4, -0.2) is 38.8 Å². The van der Waals surface area contributed by atoms with Crippen LogP contribution in [0.5, 0.6) is 0 Å². The first-order valence-electron chi connectivity index (χ1n) is 10.7. The van der Waals surface area contributed by atoms with Crippen molar-refractivity contribution >= 4 is 50.4 Å². The number of fused-ring (bicyclic) bond motifs is 3. The fourth-order valence-corrected chi connectivity index (χ4v) is 7.39. The topological polar surface area (TPSA) is 97.9 Å². The van der Waals surface area contributed by atoms with Gasteiger partial charge in [0.2, 0.25) is 0 Å². The van der Waals surface area contributed by atoms with Gasteiger partial charge in [-0.05, 0) is 44.6 Å². The lowest BCUT2D eigenvalue weighted by atomic mass is 10.1. The standard InChI is InChI=1S/C22H22N4O3S3/c1-12-10-30-19(24-12)15(8-23)16(27)11-31-22-25-20-18(14-5-2-6-17(14)32-20)21(28)26(22)9-13-4-3-7-29-13/h10,13,15H,2-7,9,11H2,1H3/t13-,15-/m1/s1. The minimum atomic E-state index is -0.895. The Kier molecular flexibility index (Phi) is 6.16. The maximum absolute atomic E-state index is 13.5. The normalized spacial score (nSPS) is 18.7. The Morgan fingerprint density at radius 2 is 2.28 bits per heavy atom. The van der Waals surface area contributed by atoms with E-state index < -0.39 is 5.92 Å². The smallest absolute Gasteiger partial charge is 0.263 e. The van der Waals surface area contributed by atoms with E-state index in [0.717, 1.165) is 53.6 Å². The predicted octanol–water partition coefficient (Wildman–Crippen LogP) is 3.86.